The number of phenols is 1. The number of aromatic hydroxyl groups is 1. The molecule has 2 N–H and O–H groups in total. The average Bonchev–Trinajstić information content (AvgIpc) is 2.74. The van der Waals surface area contributed by atoms with Crippen molar-refractivity contribution < 1.29 is 19.9 Å². The predicted octanol–water partition coefficient (Wildman–Crippen LogP) is 0.589. The molecule has 0 aliphatic carbocycles. The molecule has 1 saturated heterocycles. The lowest BCUT2D eigenvalue weighted by Gasteiger charge is -2.33. The number of aromatic nitrogens is 4. The summed E-state index contributed by atoms with van der Waals surface area (Å²) in [5.74, 6) is -0.259. The van der Waals surface area contributed by atoms with Crippen LogP contribution >= 0.6 is 0 Å². The Morgan fingerprint density at radius 1 is 1.10 bits per heavy atom. The molecule has 3 heterocycles. The van der Waals surface area contributed by atoms with Gasteiger partial charge in [-0.1, -0.05) is 0 Å². The van der Waals surface area contributed by atoms with Crippen molar-refractivity contribution in [1.82, 2.24) is 24.4 Å². The van der Waals surface area contributed by atoms with Crippen molar-refractivity contribution in [2.75, 3.05) is 31.1 Å². The van der Waals surface area contributed by atoms with Gasteiger partial charge in [0.25, 0.3) is 5.56 Å². The highest BCUT2D eigenvalue weighted by Crippen LogP contribution is 2.31. The van der Waals surface area contributed by atoms with Crippen LogP contribution < -0.4 is 10.5 Å². The van der Waals surface area contributed by atoms with Crippen LogP contribution in [0.25, 0.3) is 16.6 Å². The minimum Gasteiger partial charge on any atom is -0.502 e. The third-order valence-electron chi connectivity index (χ3n) is 4.80. The molecule has 30 heavy (non-hydrogen) atoms. The minimum absolute atomic E-state index is 0.0783. The molecule has 0 bridgehead atoms. The number of fused-ring (bicyclic) bond motifs is 1. The average molecular weight is 413 g/mol. The highest BCUT2D eigenvalue weighted by Gasteiger charge is 2.24. The summed E-state index contributed by atoms with van der Waals surface area (Å²) >= 11 is 0. The number of nitro benzene ring substituents is 1. The van der Waals surface area contributed by atoms with E-state index >= 15 is 0 Å². The third-order valence-corrected chi connectivity index (χ3v) is 4.80. The number of anilines is 1. The van der Waals surface area contributed by atoms with Crippen molar-refractivity contribution in [3.8, 4) is 11.4 Å². The number of carbonyl (C=O) groups is 1. The molecule has 1 fully saturated rings. The van der Waals surface area contributed by atoms with Gasteiger partial charge in [-0.05, 0) is 12.1 Å². The fraction of sp³-hybridized carbons (Fsp3) is 0.235. The molecule has 0 saturated carbocycles. The number of benzene rings is 1. The van der Waals surface area contributed by atoms with Gasteiger partial charge in [-0.25, -0.2) is 19.7 Å². The number of piperazine rings is 1. The van der Waals surface area contributed by atoms with E-state index in [4.69, 9.17) is 5.11 Å². The third kappa shape index (κ3) is 3.21. The second-order valence-corrected chi connectivity index (χ2v) is 6.50. The number of hydrogen-bond acceptors (Lipinski definition) is 9. The lowest BCUT2D eigenvalue weighted by molar-refractivity contribution is -0.384. The van der Waals surface area contributed by atoms with E-state index in [1.807, 2.05) is 4.90 Å². The van der Waals surface area contributed by atoms with Crippen LogP contribution in [0.4, 0.5) is 16.4 Å². The van der Waals surface area contributed by atoms with Crippen LogP contribution in [0, 0.1) is 10.1 Å². The molecule has 2 aromatic heterocycles. The van der Waals surface area contributed by atoms with E-state index in [9.17, 15) is 24.8 Å². The van der Waals surface area contributed by atoms with Gasteiger partial charge in [0, 0.05) is 26.2 Å². The molecule has 3 aromatic rings. The molecule has 13 heteroatoms. The van der Waals surface area contributed by atoms with E-state index in [0.717, 1.165) is 10.6 Å². The van der Waals surface area contributed by atoms with Crippen LogP contribution in [0.15, 0.2) is 35.6 Å². The van der Waals surface area contributed by atoms with Crippen molar-refractivity contribution in [2.24, 2.45) is 0 Å². The van der Waals surface area contributed by atoms with Crippen molar-refractivity contribution in [3.05, 3.63) is 51.3 Å². The van der Waals surface area contributed by atoms with Gasteiger partial charge >= 0.3 is 11.8 Å². The van der Waals surface area contributed by atoms with E-state index in [1.165, 1.54) is 29.7 Å². The largest absolute Gasteiger partial charge is 0.502 e. The molecule has 13 nitrogen and oxygen atoms in total. The molecule has 1 aliphatic heterocycles. The van der Waals surface area contributed by atoms with Crippen molar-refractivity contribution in [2.45, 2.75) is 0 Å². The van der Waals surface area contributed by atoms with Crippen LogP contribution in [-0.2, 0) is 0 Å². The normalized spacial score (nSPS) is 14.1. The van der Waals surface area contributed by atoms with Crippen LogP contribution in [0.1, 0.15) is 0 Å². The molecular formula is C17H15N7O6. The lowest BCUT2D eigenvalue weighted by atomic mass is 10.2. The molecule has 154 valence electrons. The first-order chi connectivity index (χ1) is 14.4. The molecule has 1 aliphatic rings. The summed E-state index contributed by atoms with van der Waals surface area (Å²) in [6.07, 6.45) is 2.97. The Morgan fingerprint density at radius 2 is 1.77 bits per heavy atom. The summed E-state index contributed by atoms with van der Waals surface area (Å²) in [6, 6.07) is 2.43. The van der Waals surface area contributed by atoms with Crippen LogP contribution in [0.3, 0.4) is 0 Å². The van der Waals surface area contributed by atoms with Gasteiger partial charge in [0.1, 0.15) is 11.7 Å². The zero-order valence-electron chi connectivity index (χ0n) is 15.4. The first-order valence-corrected chi connectivity index (χ1v) is 8.80. The maximum atomic E-state index is 12.9. The molecule has 0 spiro atoms. The number of hydrogen-bond donors (Lipinski definition) is 2. The smallest absolute Gasteiger partial charge is 0.407 e. The van der Waals surface area contributed by atoms with Gasteiger partial charge in [0.2, 0.25) is 5.95 Å². The number of carboxylic acid groups (broad SMARTS) is 1. The molecular weight excluding hydrogens is 398 g/mol. The van der Waals surface area contributed by atoms with Crippen LogP contribution in [-0.4, -0.2) is 71.8 Å². The van der Waals surface area contributed by atoms with Crippen molar-refractivity contribution in [3.63, 3.8) is 0 Å². The number of amides is 1. The van der Waals surface area contributed by atoms with E-state index in [-0.39, 0.29) is 16.6 Å². The predicted molar refractivity (Wildman–Crippen MR) is 103 cm³/mol. The summed E-state index contributed by atoms with van der Waals surface area (Å²) in [5.41, 5.74) is -1.14. The minimum atomic E-state index is -0.978. The second kappa shape index (κ2) is 7.27. The Balaban J connectivity index is 1.67. The molecule has 1 aromatic carbocycles. The Bertz CT molecular complexity index is 1200. The lowest BCUT2D eigenvalue weighted by Crippen LogP contribution is -2.48. The quantitative estimate of drug-likeness (QED) is 0.458. The summed E-state index contributed by atoms with van der Waals surface area (Å²) in [7, 11) is 0. The monoisotopic (exact) mass is 413 g/mol. The maximum absolute atomic E-state index is 12.9. The molecule has 4 rings (SSSR count). The second-order valence-electron chi connectivity index (χ2n) is 6.50. The highest BCUT2D eigenvalue weighted by molar-refractivity contribution is 5.90. The Labute approximate surface area is 167 Å². The Morgan fingerprint density at radius 3 is 2.37 bits per heavy atom. The summed E-state index contributed by atoms with van der Waals surface area (Å²) < 4.78 is 1.06. The molecule has 0 unspecified atom stereocenters. The zero-order chi connectivity index (χ0) is 21.4. The topological polar surface area (TPSA) is 168 Å². The van der Waals surface area contributed by atoms with Gasteiger partial charge in [0.05, 0.1) is 28.5 Å². The molecule has 0 radical (unpaired) electrons. The number of rotatable bonds is 3. The van der Waals surface area contributed by atoms with Gasteiger partial charge < -0.3 is 20.0 Å². The molecule has 0 atom stereocenters. The summed E-state index contributed by atoms with van der Waals surface area (Å²) in [5, 5.41) is 29.8. The number of phenolic OH excluding ortho intramolecular Hbond substituents is 1. The van der Waals surface area contributed by atoms with Gasteiger partial charge in [-0.2, -0.15) is 0 Å². The fourth-order valence-corrected chi connectivity index (χ4v) is 3.25. The van der Waals surface area contributed by atoms with E-state index < -0.39 is 28.0 Å². The van der Waals surface area contributed by atoms with Gasteiger partial charge in [-0.15, -0.1) is 0 Å². The standard InChI is InChI=1S/C17H15N7O6/c25-12-2-1-11-13(14(12)24(29)30)15(26)23(9-20-11)10-7-18-16(19-8-10)21-3-5-22(6-4-21)17(27)28/h1-2,7-9,25H,3-6H2,(H,27,28). The summed E-state index contributed by atoms with van der Waals surface area (Å²) in [6.45, 7) is 1.49. The van der Waals surface area contributed by atoms with Crippen LogP contribution in [0.2, 0.25) is 0 Å². The van der Waals surface area contributed by atoms with E-state index in [0.29, 0.717) is 32.1 Å². The zero-order valence-corrected chi connectivity index (χ0v) is 15.4. The van der Waals surface area contributed by atoms with Gasteiger partial charge in [0.15, 0.2) is 5.75 Å². The number of nitrogens with zero attached hydrogens (tertiary/aromatic N) is 7. The SMILES string of the molecule is O=C(O)N1CCN(c2ncc(-n3cnc4ccc(O)c([N+](=O)[O-])c4c3=O)cn2)CC1. The Kier molecular flexibility index (Phi) is 4.62. The Hall–Kier alpha value is -4.29. The van der Waals surface area contributed by atoms with E-state index in [1.54, 1.807) is 0 Å². The van der Waals surface area contributed by atoms with Gasteiger partial charge in [-0.3, -0.25) is 19.5 Å². The summed E-state index contributed by atoms with van der Waals surface area (Å²) in [4.78, 5) is 50.0. The highest BCUT2D eigenvalue weighted by atomic mass is 16.6. The first kappa shape index (κ1) is 19.0. The van der Waals surface area contributed by atoms with E-state index in [2.05, 4.69) is 15.0 Å². The number of nitro groups is 1. The van der Waals surface area contributed by atoms with Crippen molar-refractivity contribution >= 4 is 28.6 Å². The van der Waals surface area contributed by atoms with Crippen molar-refractivity contribution in [1.29, 1.82) is 0 Å². The fourth-order valence-electron chi connectivity index (χ4n) is 3.25. The maximum Gasteiger partial charge on any atom is 0.407 e. The van der Waals surface area contributed by atoms with Crippen LogP contribution in [0.5, 0.6) is 5.75 Å². The molecule has 1 amide bonds. The first-order valence-electron chi connectivity index (χ1n) is 8.80.